The minimum Gasteiger partial charge on any atom is -1.00 e. The van der Waals surface area contributed by atoms with Crippen molar-refractivity contribution < 1.29 is 20.8 Å². The molecule has 0 amide bonds. The summed E-state index contributed by atoms with van der Waals surface area (Å²) in [5.41, 5.74) is 1.91. The molecule has 2 heterocycles. The molecular formula is C26H41Br2ClMgN4O2S2. The van der Waals surface area contributed by atoms with Gasteiger partial charge in [0.1, 0.15) is 11.0 Å². The summed E-state index contributed by atoms with van der Waals surface area (Å²) in [6.07, 6.45) is 11.5. The molecule has 12 heteroatoms. The number of nitrogens with zero attached hydrogens (tertiary/aromatic N) is 3. The molecule has 0 aliphatic carbocycles. The topological polar surface area (TPSA) is 84.3 Å². The molecule has 2 rings (SSSR count). The molecule has 0 radical (unpaired) electrons. The van der Waals surface area contributed by atoms with Crippen molar-refractivity contribution in [3.63, 3.8) is 0 Å². The van der Waals surface area contributed by atoms with Gasteiger partial charge in [-0.1, -0.05) is 20.3 Å². The monoisotopic (exact) mass is 722 g/mol. The van der Waals surface area contributed by atoms with E-state index in [4.69, 9.17) is 0 Å². The molecule has 0 aromatic carbocycles. The van der Waals surface area contributed by atoms with Crippen molar-refractivity contribution in [2.75, 3.05) is 0 Å². The Labute approximate surface area is 274 Å². The van der Waals surface area contributed by atoms with E-state index in [0.29, 0.717) is 0 Å². The summed E-state index contributed by atoms with van der Waals surface area (Å²) < 4.78 is 32.2. The molecule has 38 heavy (non-hydrogen) atoms. The summed E-state index contributed by atoms with van der Waals surface area (Å²) in [7, 11) is -2.29. The fourth-order valence-electron chi connectivity index (χ4n) is 2.27. The quantitative estimate of drug-likeness (QED) is 0.262. The van der Waals surface area contributed by atoms with Crippen LogP contribution >= 0.6 is 31.9 Å². The van der Waals surface area contributed by atoms with Gasteiger partial charge in [-0.2, -0.15) is 10.8 Å². The molecule has 0 saturated heterocycles. The van der Waals surface area contributed by atoms with Gasteiger partial charge in [-0.05, 0) is 97.5 Å². The molecule has 6 nitrogen and oxygen atoms in total. The van der Waals surface area contributed by atoms with Crippen LogP contribution in [0.1, 0.15) is 91.8 Å². The Balaban J connectivity index is -0.000000563. The van der Waals surface area contributed by atoms with E-state index in [2.05, 4.69) is 64.8 Å². The third-order valence-corrected chi connectivity index (χ3v) is 7.88. The van der Waals surface area contributed by atoms with Gasteiger partial charge in [0.2, 0.25) is 0 Å². The Bertz CT molecular complexity index is 1000. The number of halogens is 3. The summed E-state index contributed by atoms with van der Waals surface area (Å²) in [6.45, 7) is 19.2. The number of hydrogen-bond acceptors (Lipinski definition) is 4. The smallest absolute Gasteiger partial charge is 1.00 e. The third kappa shape index (κ3) is 19.3. The van der Waals surface area contributed by atoms with Crippen molar-refractivity contribution in [3.05, 3.63) is 63.9 Å². The minimum absolute atomic E-state index is 0. The van der Waals surface area contributed by atoms with Crippen LogP contribution in [0.3, 0.4) is 0 Å². The van der Waals surface area contributed by atoms with E-state index in [1.807, 2.05) is 66.8 Å². The van der Waals surface area contributed by atoms with E-state index in [1.54, 1.807) is 24.8 Å². The molecule has 3 unspecified atom stereocenters. The average Bonchev–Trinajstić information content (AvgIpc) is 2.77. The van der Waals surface area contributed by atoms with Crippen LogP contribution in [-0.2, 0) is 22.0 Å². The zero-order chi connectivity index (χ0) is 27.9. The second kappa shape index (κ2) is 21.9. The Morgan fingerprint density at radius 2 is 1.47 bits per heavy atom. The van der Waals surface area contributed by atoms with Crippen LogP contribution in [0.25, 0.3) is 0 Å². The van der Waals surface area contributed by atoms with E-state index in [1.165, 1.54) is 0 Å². The fraction of sp³-hybridized carbons (Fsp3) is 0.538. The van der Waals surface area contributed by atoms with Crippen molar-refractivity contribution in [2.45, 2.75) is 90.2 Å². The van der Waals surface area contributed by atoms with Crippen LogP contribution in [0.2, 0.25) is 0 Å². The Kier molecular flexibility index (Phi) is 24.6. The molecule has 0 aliphatic rings. The third-order valence-electron chi connectivity index (χ3n) is 4.06. The summed E-state index contributed by atoms with van der Waals surface area (Å²) >= 11 is 6.73. The molecule has 0 bridgehead atoms. The van der Waals surface area contributed by atoms with E-state index in [-0.39, 0.29) is 51.0 Å². The van der Waals surface area contributed by atoms with Crippen molar-refractivity contribution >= 4 is 83.1 Å². The van der Waals surface area contributed by atoms with Gasteiger partial charge in [0.15, 0.2) is 0 Å². The maximum absolute atomic E-state index is 12.2. The molecule has 3 atom stereocenters. The predicted molar refractivity (Wildman–Crippen MR) is 169 cm³/mol. The second-order valence-corrected chi connectivity index (χ2v) is 15.6. The minimum atomic E-state index is -1.22. The standard InChI is InChI=1S/C13H21BrN2OS.C10H13BrN2OS.C3H7.ClH.Mg/c1-5-6-12(16-18(17)13(2,3)4)10-7-11(14)9-15-8-10;1-10(2,3)15(14)13-6-8-4-9(11)7-12-5-8;1-3-2;;/h7-9,12,16H,5-6H2,1-4H3;4-7H,1-3H3;1,3H2,2H3;1H;/q;;-1;;+2/p-1. The summed E-state index contributed by atoms with van der Waals surface area (Å²) in [5.74, 6) is 0. The van der Waals surface area contributed by atoms with Crippen LogP contribution in [0.4, 0.5) is 0 Å². The summed E-state index contributed by atoms with van der Waals surface area (Å²) in [6, 6.07) is 3.98. The first-order valence-corrected chi connectivity index (χ1v) is 15.6. The molecule has 0 spiro atoms. The van der Waals surface area contributed by atoms with Crippen LogP contribution < -0.4 is 17.1 Å². The number of hydrogen-bond donors (Lipinski definition) is 1. The van der Waals surface area contributed by atoms with Gasteiger partial charge >= 0.3 is 23.1 Å². The van der Waals surface area contributed by atoms with E-state index >= 15 is 0 Å². The second-order valence-electron chi connectivity index (χ2n) is 9.81. The Hall–Kier alpha value is 0.246. The van der Waals surface area contributed by atoms with Crippen molar-refractivity contribution in [1.29, 1.82) is 0 Å². The van der Waals surface area contributed by atoms with Gasteiger partial charge in [-0.25, -0.2) is 13.1 Å². The summed E-state index contributed by atoms with van der Waals surface area (Å²) in [4.78, 5) is 8.16. The van der Waals surface area contributed by atoms with Crippen LogP contribution in [0.15, 0.2) is 50.3 Å². The number of pyridine rings is 2. The fourth-order valence-corrected chi connectivity index (χ4v) is 4.44. The number of aromatic nitrogens is 2. The van der Waals surface area contributed by atoms with Crippen molar-refractivity contribution in [3.8, 4) is 0 Å². The molecule has 0 aliphatic heterocycles. The van der Waals surface area contributed by atoms with Gasteiger partial charge in [0.05, 0.1) is 20.5 Å². The van der Waals surface area contributed by atoms with Crippen LogP contribution in [0.5, 0.6) is 0 Å². The maximum atomic E-state index is 12.2. The van der Waals surface area contributed by atoms with Crippen LogP contribution in [0, 0.1) is 6.92 Å². The number of nitrogens with one attached hydrogen (secondary N) is 1. The number of rotatable bonds is 7. The first-order chi connectivity index (χ1) is 16.6. The molecule has 212 valence electrons. The molecule has 0 saturated carbocycles. The molecule has 2 aromatic rings. The van der Waals surface area contributed by atoms with E-state index in [9.17, 15) is 8.42 Å². The largest absolute Gasteiger partial charge is 2.00 e. The average molecular weight is 725 g/mol. The van der Waals surface area contributed by atoms with Crippen molar-refractivity contribution in [1.82, 2.24) is 14.7 Å². The first kappa shape index (κ1) is 42.7. The van der Waals surface area contributed by atoms with Gasteiger partial charge < -0.3 is 19.3 Å². The normalized spacial score (nSPS) is 13.4. The maximum Gasteiger partial charge on any atom is 2.00 e. The first-order valence-electron chi connectivity index (χ1n) is 11.8. The Morgan fingerprint density at radius 3 is 1.89 bits per heavy atom. The van der Waals surface area contributed by atoms with Gasteiger partial charge in [0, 0.05) is 51.6 Å². The van der Waals surface area contributed by atoms with Crippen molar-refractivity contribution in [2.24, 2.45) is 4.40 Å². The van der Waals surface area contributed by atoms with E-state index < -0.39 is 22.0 Å². The molecule has 0 fully saturated rings. The SMILES string of the molecule is CC(C)(C)S(=O)N=Cc1cncc(Br)c1.CCCC(NS(=O)C(C)(C)C)c1cncc(Br)c1.[CH2-]CC.[Cl-].[Mg+2]. The summed E-state index contributed by atoms with van der Waals surface area (Å²) in [5, 5.41) is 0. The zero-order valence-electron chi connectivity index (χ0n) is 23.8. The van der Waals surface area contributed by atoms with Crippen LogP contribution in [-0.4, -0.2) is 57.1 Å². The molecular weight excluding hydrogens is 684 g/mol. The van der Waals surface area contributed by atoms with Gasteiger partial charge in [-0.3, -0.25) is 9.97 Å². The van der Waals surface area contributed by atoms with E-state index in [0.717, 1.165) is 39.3 Å². The zero-order valence-corrected chi connectivity index (χ0v) is 30.7. The predicted octanol–water partition coefficient (Wildman–Crippen LogP) is 4.32. The van der Waals surface area contributed by atoms with Gasteiger partial charge in [-0.15, -0.1) is 0 Å². The van der Waals surface area contributed by atoms with Gasteiger partial charge in [0.25, 0.3) is 0 Å². The molecule has 1 N–H and O–H groups in total. The Morgan fingerprint density at radius 1 is 0.974 bits per heavy atom. The molecule has 2 aromatic heterocycles.